The molecule has 0 radical (unpaired) electrons. The van der Waals surface area contributed by atoms with Crippen LogP contribution in [0.3, 0.4) is 0 Å². The van der Waals surface area contributed by atoms with E-state index in [-0.39, 0.29) is 11.0 Å². The van der Waals surface area contributed by atoms with Crippen molar-refractivity contribution in [3.05, 3.63) is 41.5 Å². The van der Waals surface area contributed by atoms with E-state index in [0.29, 0.717) is 22.4 Å². The molecule has 106 valence electrons. The number of aromatic carboxylic acids is 1. The molecule has 0 fully saturated rings. The van der Waals surface area contributed by atoms with E-state index in [2.05, 4.69) is 10.1 Å². The third-order valence-electron chi connectivity index (χ3n) is 2.58. The first kappa shape index (κ1) is 14.6. The molecule has 0 spiro atoms. The van der Waals surface area contributed by atoms with Gasteiger partial charge in [0.2, 0.25) is 5.89 Å². The fourth-order valence-corrected chi connectivity index (χ4v) is 2.42. The molecule has 0 amide bonds. The van der Waals surface area contributed by atoms with Crippen LogP contribution in [0.15, 0.2) is 33.7 Å². The van der Waals surface area contributed by atoms with E-state index in [4.69, 9.17) is 9.63 Å². The maximum Gasteiger partial charge on any atom is 0.336 e. The molecule has 5 nitrogen and oxygen atoms in total. The number of carboxylic acid groups (broad SMARTS) is 1. The fourth-order valence-electron chi connectivity index (χ4n) is 1.53. The van der Waals surface area contributed by atoms with Gasteiger partial charge in [0.1, 0.15) is 0 Å². The molecule has 0 bridgehead atoms. The Morgan fingerprint density at radius 1 is 1.35 bits per heavy atom. The molecule has 0 aliphatic rings. The van der Waals surface area contributed by atoms with Gasteiger partial charge in [-0.2, -0.15) is 4.98 Å². The van der Waals surface area contributed by atoms with Crippen molar-refractivity contribution in [1.29, 1.82) is 0 Å². The van der Waals surface area contributed by atoms with Crippen LogP contribution in [0.1, 0.15) is 42.8 Å². The number of nitrogens with zero attached hydrogens (tertiary/aromatic N) is 2. The number of thioether (sulfide) groups is 1. The van der Waals surface area contributed by atoms with Gasteiger partial charge in [0.25, 0.3) is 0 Å². The molecule has 1 aromatic carbocycles. The Bertz CT molecular complexity index is 617. The summed E-state index contributed by atoms with van der Waals surface area (Å²) in [6, 6.07) is 6.88. The zero-order valence-corrected chi connectivity index (χ0v) is 12.4. The normalized spacial score (nSPS) is 11.6. The second kappa shape index (κ2) is 5.66. The number of hydrogen-bond donors (Lipinski definition) is 1. The highest BCUT2D eigenvalue weighted by atomic mass is 32.2. The topological polar surface area (TPSA) is 76.2 Å². The van der Waals surface area contributed by atoms with E-state index in [1.54, 1.807) is 18.2 Å². The number of carboxylic acids is 1. The lowest BCUT2D eigenvalue weighted by Crippen LogP contribution is -2.11. The summed E-state index contributed by atoms with van der Waals surface area (Å²) >= 11 is 1.39. The number of rotatable bonds is 4. The number of hydrogen-bond acceptors (Lipinski definition) is 5. The molecule has 1 N–H and O–H groups in total. The van der Waals surface area contributed by atoms with Gasteiger partial charge in [-0.3, -0.25) is 0 Å². The van der Waals surface area contributed by atoms with E-state index in [0.717, 1.165) is 0 Å². The van der Waals surface area contributed by atoms with Crippen molar-refractivity contribution < 1.29 is 14.4 Å². The summed E-state index contributed by atoms with van der Waals surface area (Å²) in [6.45, 7) is 5.99. The standard InChI is InChI=1S/C14H16N2O3S/c1-14(2,3)13-15-11(16-19-13)8-20-10-7-5-4-6-9(10)12(17)18/h4-7H,8H2,1-3H3,(H,17,18). The maximum atomic E-state index is 11.1. The predicted molar refractivity (Wildman–Crippen MR) is 76.0 cm³/mol. The van der Waals surface area contributed by atoms with Crippen molar-refractivity contribution in [1.82, 2.24) is 10.1 Å². The zero-order valence-electron chi connectivity index (χ0n) is 11.6. The Kier molecular flexibility index (Phi) is 4.13. The first-order chi connectivity index (χ1) is 9.38. The lowest BCUT2D eigenvalue weighted by Gasteiger charge is -2.10. The van der Waals surface area contributed by atoms with Gasteiger partial charge in [0.05, 0.1) is 11.3 Å². The van der Waals surface area contributed by atoms with Gasteiger partial charge in [-0.1, -0.05) is 38.1 Å². The van der Waals surface area contributed by atoms with E-state index < -0.39 is 5.97 Å². The monoisotopic (exact) mass is 292 g/mol. The lowest BCUT2D eigenvalue weighted by atomic mass is 9.97. The SMILES string of the molecule is CC(C)(C)c1nc(CSc2ccccc2C(=O)O)no1. The van der Waals surface area contributed by atoms with Gasteiger partial charge in [0.15, 0.2) is 5.82 Å². The second-order valence-electron chi connectivity index (χ2n) is 5.36. The summed E-state index contributed by atoms with van der Waals surface area (Å²) < 4.78 is 5.20. The van der Waals surface area contributed by atoms with Crippen LogP contribution in [0.2, 0.25) is 0 Å². The van der Waals surface area contributed by atoms with Crippen molar-refractivity contribution in [2.24, 2.45) is 0 Å². The average molecular weight is 292 g/mol. The van der Waals surface area contributed by atoms with Crippen molar-refractivity contribution in [2.75, 3.05) is 0 Å². The quantitative estimate of drug-likeness (QED) is 0.871. The molecular weight excluding hydrogens is 276 g/mol. The number of carbonyl (C=O) groups is 1. The first-order valence-electron chi connectivity index (χ1n) is 6.16. The Morgan fingerprint density at radius 3 is 2.65 bits per heavy atom. The fraction of sp³-hybridized carbons (Fsp3) is 0.357. The van der Waals surface area contributed by atoms with E-state index >= 15 is 0 Å². The highest BCUT2D eigenvalue weighted by molar-refractivity contribution is 7.98. The van der Waals surface area contributed by atoms with Crippen molar-refractivity contribution in [2.45, 2.75) is 36.8 Å². The molecule has 2 rings (SSSR count). The van der Waals surface area contributed by atoms with Gasteiger partial charge < -0.3 is 9.63 Å². The number of aromatic nitrogens is 2. The van der Waals surface area contributed by atoms with E-state index in [1.807, 2.05) is 26.8 Å². The largest absolute Gasteiger partial charge is 0.478 e. The molecule has 0 saturated carbocycles. The molecule has 1 heterocycles. The van der Waals surface area contributed by atoms with Crippen LogP contribution in [0.4, 0.5) is 0 Å². The minimum absolute atomic E-state index is 0.186. The van der Waals surface area contributed by atoms with Crippen molar-refractivity contribution >= 4 is 17.7 Å². The average Bonchev–Trinajstić information content (AvgIpc) is 2.85. The summed E-state index contributed by atoms with van der Waals surface area (Å²) in [5, 5.41) is 13.0. The summed E-state index contributed by atoms with van der Waals surface area (Å²) in [5.41, 5.74) is 0.103. The van der Waals surface area contributed by atoms with Crippen LogP contribution in [0, 0.1) is 0 Å². The highest BCUT2D eigenvalue weighted by Crippen LogP contribution is 2.26. The Labute approximate surface area is 121 Å². The van der Waals surface area contributed by atoms with Crippen molar-refractivity contribution in [3.8, 4) is 0 Å². The lowest BCUT2D eigenvalue weighted by molar-refractivity contribution is 0.0693. The summed E-state index contributed by atoms with van der Waals surface area (Å²) in [7, 11) is 0. The molecule has 2 aromatic rings. The van der Waals surface area contributed by atoms with Crippen LogP contribution in [0.5, 0.6) is 0 Å². The molecule has 1 aromatic heterocycles. The molecular formula is C14H16N2O3S. The molecule has 0 aliphatic heterocycles. The molecule has 0 saturated heterocycles. The summed E-state index contributed by atoms with van der Waals surface area (Å²) in [6.07, 6.45) is 0. The Hall–Kier alpha value is -1.82. The van der Waals surface area contributed by atoms with E-state index in [9.17, 15) is 4.79 Å². The highest BCUT2D eigenvalue weighted by Gasteiger charge is 2.21. The van der Waals surface area contributed by atoms with Gasteiger partial charge in [0, 0.05) is 10.3 Å². The van der Waals surface area contributed by atoms with Crippen molar-refractivity contribution in [3.63, 3.8) is 0 Å². The smallest absolute Gasteiger partial charge is 0.336 e. The molecule has 0 atom stereocenters. The van der Waals surface area contributed by atoms with Gasteiger partial charge >= 0.3 is 5.97 Å². The van der Waals surface area contributed by atoms with E-state index in [1.165, 1.54) is 11.8 Å². The maximum absolute atomic E-state index is 11.1. The van der Waals surface area contributed by atoms with Crippen LogP contribution in [-0.4, -0.2) is 21.2 Å². The minimum atomic E-state index is -0.934. The third-order valence-corrected chi connectivity index (χ3v) is 3.65. The van der Waals surface area contributed by atoms with Gasteiger partial charge in [-0.25, -0.2) is 4.79 Å². The Morgan fingerprint density at radius 2 is 2.05 bits per heavy atom. The summed E-state index contributed by atoms with van der Waals surface area (Å²) in [5.74, 6) is 0.695. The van der Waals surface area contributed by atoms with Crippen LogP contribution in [-0.2, 0) is 11.2 Å². The minimum Gasteiger partial charge on any atom is -0.478 e. The molecule has 6 heteroatoms. The predicted octanol–water partition coefficient (Wildman–Crippen LogP) is 3.36. The zero-order chi connectivity index (χ0) is 14.8. The van der Waals surface area contributed by atoms with Crippen LogP contribution < -0.4 is 0 Å². The Balaban J connectivity index is 2.10. The molecule has 20 heavy (non-hydrogen) atoms. The third kappa shape index (κ3) is 3.39. The molecule has 0 unspecified atom stereocenters. The van der Waals surface area contributed by atoms with Crippen LogP contribution in [0.25, 0.3) is 0 Å². The van der Waals surface area contributed by atoms with Crippen LogP contribution >= 0.6 is 11.8 Å². The second-order valence-corrected chi connectivity index (χ2v) is 6.37. The van der Waals surface area contributed by atoms with Gasteiger partial charge in [-0.15, -0.1) is 11.8 Å². The molecule has 0 aliphatic carbocycles. The summed E-state index contributed by atoms with van der Waals surface area (Å²) in [4.78, 5) is 16.1. The van der Waals surface area contributed by atoms with Gasteiger partial charge in [-0.05, 0) is 12.1 Å². The first-order valence-corrected chi connectivity index (χ1v) is 7.14. The number of benzene rings is 1.